The van der Waals surface area contributed by atoms with Crippen molar-refractivity contribution in [3.05, 3.63) is 17.8 Å². The van der Waals surface area contributed by atoms with Gasteiger partial charge in [-0.25, -0.2) is 4.98 Å². The van der Waals surface area contributed by atoms with E-state index in [0.717, 1.165) is 25.3 Å². The highest BCUT2D eigenvalue weighted by Crippen LogP contribution is 2.18. The number of amides is 1. The minimum absolute atomic E-state index is 0.0768. The second-order valence-electron chi connectivity index (χ2n) is 5.10. The zero-order valence-corrected chi connectivity index (χ0v) is 11.3. The number of nitrogens with zero attached hydrogens (tertiary/aromatic N) is 2. The van der Waals surface area contributed by atoms with Gasteiger partial charge in [0, 0.05) is 25.4 Å². The Labute approximate surface area is 108 Å². The summed E-state index contributed by atoms with van der Waals surface area (Å²) in [6.07, 6.45) is 2.75. The molecule has 1 aliphatic heterocycles. The number of hydrogen-bond acceptors (Lipinski definition) is 4. The molecule has 5 heteroatoms. The van der Waals surface area contributed by atoms with Gasteiger partial charge in [0.25, 0.3) is 0 Å². The van der Waals surface area contributed by atoms with Crippen LogP contribution >= 0.6 is 0 Å². The molecule has 0 bridgehead atoms. The summed E-state index contributed by atoms with van der Waals surface area (Å²) in [5.74, 6) is 1.90. The van der Waals surface area contributed by atoms with E-state index in [9.17, 15) is 4.79 Å². The highest BCUT2D eigenvalue weighted by Gasteiger charge is 2.25. The van der Waals surface area contributed by atoms with E-state index in [4.69, 9.17) is 4.42 Å². The molecule has 5 nitrogen and oxygen atoms in total. The topological polar surface area (TPSA) is 58.4 Å². The third-order valence-electron chi connectivity index (χ3n) is 3.33. The summed E-state index contributed by atoms with van der Waals surface area (Å²) in [5, 5.41) is 3.27. The Morgan fingerprint density at radius 2 is 2.44 bits per heavy atom. The summed E-state index contributed by atoms with van der Waals surface area (Å²) in [7, 11) is 0. The van der Waals surface area contributed by atoms with Crippen molar-refractivity contribution in [3.63, 3.8) is 0 Å². The Balaban J connectivity index is 2.05. The van der Waals surface area contributed by atoms with E-state index in [1.54, 1.807) is 13.1 Å². The van der Waals surface area contributed by atoms with Crippen LogP contribution in [0.15, 0.2) is 10.6 Å². The van der Waals surface area contributed by atoms with Gasteiger partial charge in [-0.15, -0.1) is 0 Å². The molecule has 0 aromatic carbocycles. The molecule has 1 aromatic heterocycles. The zero-order valence-electron chi connectivity index (χ0n) is 11.3. The van der Waals surface area contributed by atoms with E-state index in [-0.39, 0.29) is 11.9 Å². The van der Waals surface area contributed by atoms with Crippen molar-refractivity contribution in [1.82, 2.24) is 15.2 Å². The van der Waals surface area contributed by atoms with Crippen LogP contribution < -0.4 is 5.32 Å². The fraction of sp³-hybridized carbons (Fsp3) is 0.692. The van der Waals surface area contributed by atoms with E-state index >= 15 is 0 Å². The normalized spacial score (nSPS) is 19.4. The van der Waals surface area contributed by atoms with Gasteiger partial charge >= 0.3 is 0 Å². The van der Waals surface area contributed by atoms with Crippen molar-refractivity contribution in [2.75, 3.05) is 13.1 Å². The highest BCUT2D eigenvalue weighted by atomic mass is 16.4. The molecule has 1 aromatic rings. The van der Waals surface area contributed by atoms with E-state index in [1.165, 1.54) is 0 Å². The van der Waals surface area contributed by atoms with Crippen LogP contribution in [0.4, 0.5) is 0 Å². The Bertz CT molecular complexity index is 408. The summed E-state index contributed by atoms with van der Waals surface area (Å²) in [5.41, 5.74) is 0. The predicted molar refractivity (Wildman–Crippen MR) is 68.1 cm³/mol. The van der Waals surface area contributed by atoms with Crippen LogP contribution in [0.25, 0.3) is 0 Å². The molecule has 1 atom stereocenters. The highest BCUT2D eigenvalue weighted by molar-refractivity contribution is 5.73. The second-order valence-corrected chi connectivity index (χ2v) is 5.10. The third-order valence-corrected chi connectivity index (χ3v) is 3.33. The zero-order chi connectivity index (χ0) is 13.1. The largest absolute Gasteiger partial charge is 0.444 e. The minimum atomic E-state index is 0.0768. The molecule has 2 rings (SSSR count). The minimum Gasteiger partial charge on any atom is -0.444 e. The van der Waals surface area contributed by atoms with E-state index in [1.807, 2.05) is 4.90 Å². The molecule has 1 amide bonds. The van der Waals surface area contributed by atoms with Gasteiger partial charge in [0.15, 0.2) is 0 Å². The molecule has 100 valence electrons. The number of rotatable bonds is 4. The quantitative estimate of drug-likeness (QED) is 0.881. The summed E-state index contributed by atoms with van der Waals surface area (Å²) in [6, 6.07) is 0.261. The maximum Gasteiger partial charge on any atom is 0.220 e. The van der Waals surface area contributed by atoms with Gasteiger partial charge in [0.1, 0.15) is 5.76 Å². The van der Waals surface area contributed by atoms with Crippen molar-refractivity contribution in [1.29, 1.82) is 0 Å². The molecule has 2 heterocycles. The summed E-state index contributed by atoms with van der Waals surface area (Å²) in [4.78, 5) is 17.8. The molecule has 1 saturated heterocycles. The van der Waals surface area contributed by atoms with Crippen molar-refractivity contribution >= 4 is 5.91 Å². The van der Waals surface area contributed by atoms with Crippen LogP contribution in [0.1, 0.15) is 44.8 Å². The number of oxazole rings is 1. The number of hydrogen-bond donors (Lipinski definition) is 1. The van der Waals surface area contributed by atoms with Crippen LogP contribution in [0, 0.1) is 0 Å². The number of carbonyl (C=O) groups excluding carboxylic acids is 1. The van der Waals surface area contributed by atoms with Gasteiger partial charge in [-0.05, 0) is 13.0 Å². The first-order chi connectivity index (χ1) is 8.58. The lowest BCUT2D eigenvalue weighted by Gasteiger charge is -2.25. The lowest BCUT2D eigenvalue weighted by Crippen LogP contribution is -2.39. The van der Waals surface area contributed by atoms with Crippen LogP contribution in [0.2, 0.25) is 0 Å². The first-order valence-electron chi connectivity index (χ1n) is 6.50. The molecule has 0 aliphatic carbocycles. The molecule has 1 N–H and O–H groups in total. The fourth-order valence-corrected chi connectivity index (χ4v) is 2.21. The van der Waals surface area contributed by atoms with Gasteiger partial charge in [-0.1, -0.05) is 13.8 Å². The van der Waals surface area contributed by atoms with Gasteiger partial charge in [-0.3, -0.25) is 4.79 Å². The van der Waals surface area contributed by atoms with Gasteiger partial charge < -0.3 is 14.6 Å². The van der Waals surface area contributed by atoms with Gasteiger partial charge in [-0.2, -0.15) is 0 Å². The molecule has 18 heavy (non-hydrogen) atoms. The maximum atomic E-state index is 11.7. The van der Waals surface area contributed by atoms with Crippen molar-refractivity contribution in [2.24, 2.45) is 0 Å². The first-order valence-corrected chi connectivity index (χ1v) is 6.50. The van der Waals surface area contributed by atoms with Crippen LogP contribution in [-0.4, -0.2) is 34.9 Å². The van der Waals surface area contributed by atoms with E-state index in [0.29, 0.717) is 18.4 Å². The lowest BCUT2D eigenvalue weighted by molar-refractivity contribution is -0.131. The third kappa shape index (κ3) is 2.90. The van der Waals surface area contributed by atoms with E-state index in [2.05, 4.69) is 24.1 Å². The lowest BCUT2D eigenvalue weighted by atomic mass is 10.2. The average Bonchev–Trinajstić information content (AvgIpc) is 2.96. The monoisotopic (exact) mass is 251 g/mol. The first kappa shape index (κ1) is 13.1. The maximum absolute atomic E-state index is 11.7. The molecule has 0 saturated carbocycles. The Morgan fingerprint density at radius 1 is 1.67 bits per heavy atom. The van der Waals surface area contributed by atoms with Gasteiger partial charge in [0.2, 0.25) is 11.8 Å². The second kappa shape index (κ2) is 5.52. The average molecular weight is 251 g/mol. The molecular formula is C13H21N3O2. The van der Waals surface area contributed by atoms with Crippen molar-refractivity contribution in [2.45, 2.75) is 45.7 Å². The number of nitrogens with one attached hydrogen (secondary N) is 1. The summed E-state index contributed by atoms with van der Waals surface area (Å²) < 4.78 is 5.66. The Hall–Kier alpha value is -1.36. The Kier molecular flexibility index (Phi) is 4.01. The summed E-state index contributed by atoms with van der Waals surface area (Å²) >= 11 is 0. The number of carbonyl (C=O) groups is 1. The van der Waals surface area contributed by atoms with Gasteiger partial charge in [0.05, 0.1) is 12.7 Å². The smallest absolute Gasteiger partial charge is 0.220 e. The van der Waals surface area contributed by atoms with Crippen LogP contribution in [-0.2, 0) is 11.3 Å². The standard InChI is InChI=1S/C13H21N3O2/c1-9(2)12-7-15-13(18-12)8-16(10(3)17)11-4-5-14-6-11/h7,9,11,14H,4-6,8H2,1-3H3/t11-/m1/s1. The van der Waals surface area contributed by atoms with Crippen molar-refractivity contribution < 1.29 is 9.21 Å². The fourth-order valence-electron chi connectivity index (χ4n) is 2.21. The van der Waals surface area contributed by atoms with Crippen LogP contribution in [0.5, 0.6) is 0 Å². The molecule has 1 fully saturated rings. The van der Waals surface area contributed by atoms with Crippen LogP contribution in [0.3, 0.4) is 0 Å². The predicted octanol–water partition coefficient (Wildman–Crippen LogP) is 1.51. The number of aromatic nitrogens is 1. The van der Waals surface area contributed by atoms with E-state index < -0.39 is 0 Å². The molecule has 0 spiro atoms. The molecule has 1 aliphatic rings. The SMILES string of the molecule is CC(=O)N(Cc1ncc(C(C)C)o1)[C@@H]1CCNC1. The summed E-state index contributed by atoms with van der Waals surface area (Å²) in [6.45, 7) is 8.02. The molecule has 0 radical (unpaired) electrons. The molecule has 0 unspecified atom stereocenters. The Morgan fingerprint density at radius 3 is 2.94 bits per heavy atom. The molecular weight excluding hydrogens is 230 g/mol. The van der Waals surface area contributed by atoms with Crippen molar-refractivity contribution in [3.8, 4) is 0 Å².